The molecule has 0 aromatic carbocycles. The van der Waals surface area contributed by atoms with Crippen molar-refractivity contribution < 1.29 is 9.59 Å². The SMILES string of the molecule is CC(C)CN(CCCCCC(=O)NN)CC(N)=O. The zero-order valence-corrected chi connectivity index (χ0v) is 11.4. The van der Waals surface area contributed by atoms with Crippen molar-refractivity contribution in [2.75, 3.05) is 19.6 Å². The zero-order chi connectivity index (χ0) is 14.0. The monoisotopic (exact) mass is 258 g/mol. The van der Waals surface area contributed by atoms with E-state index in [1.807, 2.05) is 0 Å². The number of hydrogen-bond acceptors (Lipinski definition) is 4. The van der Waals surface area contributed by atoms with E-state index in [0.717, 1.165) is 32.4 Å². The molecular weight excluding hydrogens is 232 g/mol. The molecule has 0 unspecified atom stereocenters. The number of nitrogens with two attached hydrogens (primary N) is 2. The molecule has 6 heteroatoms. The van der Waals surface area contributed by atoms with Gasteiger partial charge in [-0.3, -0.25) is 19.9 Å². The van der Waals surface area contributed by atoms with Crippen LogP contribution in [0.1, 0.15) is 39.5 Å². The molecule has 18 heavy (non-hydrogen) atoms. The lowest BCUT2D eigenvalue weighted by atomic mass is 10.1. The first-order valence-corrected chi connectivity index (χ1v) is 6.45. The van der Waals surface area contributed by atoms with Crippen molar-refractivity contribution in [2.24, 2.45) is 17.5 Å². The molecule has 6 nitrogen and oxygen atoms in total. The fourth-order valence-corrected chi connectivity index (χ4v) is 1.84. The van der Waals surface area contributed by atoms with Gasteiger partial charge in [-0.05, 0) is 25.3 Å². The Balaban J connectivity index is 3.75. The maximum atomic E-state index is 10.9. The van der Waals surface area contributed by atoms with Gasteiger partial charge in [0.25, 0.3) is 0 Å². The summed E-state index contributed by atoms with van der Waals surface area (Å²) in [7, 11) is 0. The number of primary amides is 1. The topological polar surface area (TPSA) is 101 Å². The van der Waals surface area contributed by atoms with Gasteiger partial charge in [0, 0.05) is 13.0 Å². The summed E-state index contributed by atoms with van der Waals surface area (Å²) in [6, 6.07) is 0. The van der Waals surface area contributed by atoms with E-state index in [1.165, 1.54) is 0 Å². The molecule has 0 aliphatic carbocycles. The van der Waals surface area contributed by atoms with Crippen LogP contribution < -0.4 is 17.0 Å². The molecule has 0 aromatic heterocycles. The van der Waals surface area contributed by atoms with Gasteiger partial charge in [-0.25, -0.2) is 5.84 Å². The first-order valence-electron chi connectivity index (χ1n) is 6.45. The molecule has 0 atom stereocenters. The molecule has 0 saturated heterocycles. The summed E-state index contributed by atoms with van der Waals surface area (Å²) in [5.41, 5.74) is 7.32. The van der Waals surface area contributed by atoms with Crippen LogP contribution in [0.3, 0.4) is 0 Å². The van der Waals surface area contributed by atoms with Gasteiger partial charge in [0.15, 0.2) is 0 Å². The number of carbonyl (C=O) groups excluding carboxylic acids is 2. The molecule has 0 bridgehead atoms. The van der Waals surface area contributed by atoms with E-state index in [4.69, 9.17) is 11.6 Å². The van der Waals surface area contributed by atoms with Gasteiger partial charge >= 0.3 is 0 Å². The molecule has 0 rings (SSSR count). The third kappa shape index (κ3) is 10.0. The van der Waals surface area contributed by atoms with Crippen LogP contribution in [0, 0.1) is 5.92 Å². The number of rotatable bonds is 10. The van der Waals surface area contributed by atoms with Gasteiger partial charge in [0.1, 0.15) is 0 Å². The van der Waals surface area contributed by atoms with Crippen molar-refractivity contribution in [1.29, 1.82) is 0 Å². The summed E-state index contributed by atoms with van der Waals surface area (Å²) in [4.78, 5) is 23.9. The van der Waals surface area contributed by atoms with Crippen LogP contribution in [0.5, 0.6) is 0 Å². The summed E-state index contributed by atoms with van der Waals surface area (Å²) in [6.07, 6.45) is 3.17. The van der Waals surface area contributed by atoms with Crippen LogP contribution in [0.15, 0.2) is 0 Å². The second-order valence-electron chi connectivity index (χ2n) is 4.97. The molecule has 0 aliphatic heterocycles. The minimum atomic E-state index is -0.293. The smallest absolute Gasteiger partial charge is 0.233 e. The van der Waals surface area contributed by atoms with Crippen LogP contribution in [0.4, 0.5) is 0 Å². The van der Waals surface area contributed by atoms with Crippen molar-refractivity contribution in [1.82, 2.24) is 10.3 Å². The lowest BCUT2D eigenvalue weighted by Crippen LogP contribution is -2.36. The molecule has 5 N–H and O–H groups in total. The Kier molecular flexibility index (Phi) is 9.22. The van der Waals surface area contributed by atoms with E-state index in [9.17, 15) is 9.59 Å². The highest BCUT2D eigenvalue weighted by atomic mass is 16.2. The molecular formula is C12H26N4O2. The van der Waals surface area contributed by atoms with Crippen LogP contribution in [0.2, 0.25) is 0 Å². The Morgan fingerprint density at radius 3 is 2.39 bits per heavy atom. The lowest BCUT2D eigenvalue weighted by Gasteiger charge is -2.22. The summed E-state index contributed by atoms with van der Waals surface area (Å²) in [5, 5.41) is 0. The number of hydrogen-bond donors (Lipinski definition) is 3. The highest BCUT2D eigenvalue weighted by molar-refractivity contribution is 5.76. The fraction of sp³-hybridized carbons (Fsp3) is 0.833. The second-order valence-corrected chi connectivity index (χ2v) is 4.97. The van der Waals surface area contributed by atoms with Gasteiger partial charge in [-0.2, -0.15) is 0 Å². The van der Waals surface area contributed by atoms with E-state index in [-0.39, 0.29) is 11.8 Å². The number of unbranched alkanes of at least 4 members (excludes halogenated alkanes) is 2. The Morgan fingerprint density at radius 2 is 1.89 bits per heavy atom. The van der Waals surface area contributed by atoms with E-state index in [0.29, 0.717) is 18.9 Å². The number of hydrazine groups is 1. The highest BCUT2D eigenvalue weighted by Gasteiger charge is 2.09. The molecule has 0 spiro atoms. The van der Waals surface area contributed by atoms with Gasteiger partial charge < -0.3 is 5.73 Å². The third-order valence-electron chi connectivity index (χ3n) is 2.54. The van der Waals surface area contributed by atoms with Gasteiger partial charge in [-0.15, -0.1) is 0 Å². The first kappa shape index (κ1) is 16.9. The largest absolute Gasteiger partial charge is 0.369 e. The minimum absolute atomic E-state index is 0.133. The normalized spacial score (nSPS) is 10.9. The van der Waals surface area contributed by atoms with E-state index in [1.54, 1.807) is 0 Å². The standard InChI is InChI=1S/C12H26N4O2/c1-10(2)8-16(9-11(13)17)7-5-3-4-6-12(18)15-14/h10H,3-9,14H2,1-2H3,(H2,13,17)(H,15,18). The first-order chi connectivity index (χ1) is 8.45. The maximum Gasteiger partial charge on any atom is 0.233 e. The molecule has 0 aromatic rings. The van der Waals surface area contributed by atoms with Crippen LogP contribution in [-0.2, 0) is 9.59 Å². The Bertz CT molecular complexity index is 256. The second kappa shape index (κ2) is 9.85. The molecule has 2 amide bonds. The number of nitrogens with zero attached hydrogens (tertiary/aromatic N) is 1. The fourth-order valence-electron chi connectivity index (χ4n) is 1.84. The van der Waals surface area contributed by atoms with E-state index < -0.39 is 0 Å². The quantitative estimate of drug-likeness (QED) is 0.222. The Labute approximate surface area is 109 Å². The predicted octanol–water partition coefficient (Wildman–Crippen LogP) is -0.0200. The van der Waals surface area contributed by atoms with Crippen molar-refractivity contribution in [3.63, 3.8) is 0 Å². The number of nitrogens with one attached hydrogen (secondary N) is 1. The van der Waals surface area contributed by atoms with Crippen LogP contribution in [-0.4, -0.2) is 36.3 Å². The van der Waals surface area contributed by atoms with Crippen molar-refractivity contribution in [3.8, 4) is 0 Å². The molecule has 106 valence electrons. The van der Waals surface area contributed by atoms with Crippen LogP contribution in [0.25, 0.3) is 0 Å². The van der Waals surface area contributed by atoms with Crippen molar-refractivity contribution in [3.05, 3.63) is 0 Å². The molecule has 0 heterocycles. The van der Waals surface area contributed by atoms with Crippen molar-refractivity contribution in [2.45, 2.75) is 39.5 Å². The van der Waals surface area contributed by atoms with Gasteiger partial charge in [0.2, 0.25) is 11.8 Å². The summed E-state index contributed by atoms with van der Waals surface area (Å²) >= 11 is 0. The number of carbonyl (C=O) groups is 2. The highest BCUT2D eigenvalue weighted by Crippen LogP contribution is 2.04. The van der Waals surface area contributed by atoms with Gasteiger partial charge in [-0.1, -0.05) is 20.3 Å². The average molecular weight is 258 g/mol. The molecule has 0 aliphatic rings. The van der Waals surface area contributed by atoms with E-state index >= 15 is 0 Å². The van der Waals surface area contributed by atoms with Crippen LogP contribution >= 0.6 is 0 Å². The zero-order valence-electron chi connectivity index (χ0n) is 11.4. The average Bonchev–Trinajstić information content (AvgIpc) is 2.26. The summed E-state index contributed by atoms with van der Waals surface area (Å²) in [6.45, 7) is 6.23. The van der Waals surface area contributed by atoms with E-state index in [2.05, 4.69) is 24.2 Å². The summed E-state index contributed by atoms with van der Waals surface area (Å²) in [5.74, 6) is 5.07. The Hall–Kier alpha value is -1.14. The van der Waals surface area contributed by atoms with Gasteiger partial charge in [0.05, 0.1) is 6.54 Å². The predicted molar refractivity (Wildman–Crippen MR) is 71.3 cm³/mol. The third-order valence-corrected chi connectivity index (χ3v) is 2.54. The molecule has 0 radical (unpaired) electrons. The maximum absolute atomic E-state index is 10.9. The summed E-state index contributed by atoms with van der Waals surface area (Å²) < 4.78 is 0. The number of amides is 2. The Morgan fingerprint density at radius 1 is 1.22 bits per heavy atom. The lowest BCUT2D eigenvalue weighted by molar-refractivity contribution is -0.121. The molecule has 0 saturated carbocycles. The van der Waals surface area contributed by atoms with Crippen molar-refractivity contribution >= 4 is 11.8 Å². The minimum Gasteiger partial charge on any atom is -0.369 e. The molecule has 0 fully saturated rings.